The van der Waals surface area contributed by atoms with Crippen molar-refractivity contribution >= 4 is 48.7 Å². The van der Waals surface area contributed by atoms with Crippen molar-refractivity contribution in [3.8, 4) is 0 Å². The summed E-state index contributed by atoms with van der Waals surface area (Å²) in [5.74, 6) is -2.91. The van der Waals surface area contributed by atoms with E-state index in [1.807, 2.05) is 61.5 Å². The number of aliphatic carboxylic acids is 1. The van der Waals surface area contributed by atoms with Gasteiger partial charge in [0.25, 0.3) is 0 Å². The van der Waals surface area contributed by atoms with Crippen LogP contribution in [-0.4, -0.2) is 77.7 Å². The monoisotopic (exact) mass is 763 g/mol. The molecule has 3 amide bonds. The third-order valence-corrected chi connectivity index (χ3v) is 15.3. The number of Topliss-reactive ketones (excluding diaryl/α,β-unsaturated/α-hetero) is 1. The van der Waals surface area contributed by atoms with Gasteiger partial charge in [-0.3, -0.25) is 19.2 Å². The van der Waals surface area contributed by atoms with Gasteiger partial charge in [0.05, 0.1) is 6.04 Å². The zero-order valence-corrected chi connectivity index (χ0v) is 34.2. The lowest BCUT2D eigenvalue weighted by molar-refractivity contribution is -0.142. The molecule has 54 heavy (non-hydrogen) atoms. The van der Waals surface area contributed by atoms with E-state index in [1.54, 1.807) is 20.0 Å². The van der Waals surface area contributed by atoms with E-state index in [0.717, 1.165) is 22.0 Å². The molecule has 0 aliphatic heterocycles. The number of unbranched alkanes of at least 4 members (excludes halogenated alkanes) is 2. The number of nitrogens with one attached hydrogen (secondary N) is 4. The van der Waals surface area contributed by atoms with Gasteiger partial charge in [-0.25, -0.2) is 4.79 Å². The van der Waals surface area contributed by atoms with Gasteiger partial charge >= 0.3 is 5.97 Å². The molecule has 0 bridgehead atoms. The Kier molecular flexibility index (Phi) is 15.8. The van der Waals surface area contributed by atoms with Crippen molar-refractivity contribution in [3.63, 3.8) is 0 Å². The standard InChI is InChI=1S/C41H61N5O7Si/c1-9-41(6,46-36(48)31(42)21-14-11-15-23-35(47)27(2)53-54(7,8)40(3,4)5)39(52)45-33(24-28-18-12-10-13-19-28)37(49)44-34(38(50)51)25-29-26-43-32-22-17-16-20-30(29)32/h10,12-13,16-20,22,26-27,31,33-34,43H,9,11,14-15,21,23-25,42H2,1-8H3,(H,44,49)(H,45,52)(H,46,48)(H,50,51)/t27-,31+,33+,34-,41+/m1/s1. The number of carbonyl (C=O) groups excluding carboxylic acids is 4. The van der Waals surface area contributed by atoms with Crippen LogP contribution in [0, 0.1) is 0 Å². The number of nitrogens with two attached hydrogens (primary N) is 1. The van der Waals surface area contributed by atoms with E-state index in [4.69, 9.17) is 10.2 Å². The highest BCUT2D eigenvalue weighted by molar-refractivity contribution is 6.74. The minimum Gasteiger partial charge on any atom is -0.480 e. The van der Waals surface area contributed by atoms with Crippen molar-refractivity contribution in [2.75, 3.05) is 0 Å². The number of benzene rings is 2. The number of carboxylic acids is 1. The average molecular weight is 764 g/mol. The van der Waals surface area contributed by atoms with E-state index in [-0.39, 0.29) is 30.1 Å². The topological polar surface area (TPSA) is 193 Å². The molecule has 1 heterocycles. The number of para-hydroxylation sites is 1. The summed E-state index contributed by atoms with van der Waals surface area (Å²) in [6, 6.07) is 13.3. The van der Waals surface area contributed by atoms with Gasteiger partial charge in [-0.2, -0.15) is 0 Å². The van der Waals surface area contributed by atoms with E-state index in [1.165, 1.54) is 0 Å². The third kappa shape index (κ3) is 12.4. The van der Waals surface area contributed by atoms with Gasteiger partial charge < -0.3 is 36.2 Å². The molecule has 3 rings (SSSR count). The molecule has 0 saturated heterocycles. The number of H-pyrrole nitrogens is 1. The molecule has 5 atom stereocenters. The van der Waals surface area contributed by atoms with Crippen LogP contribution in [0.4, 0.5) is 0 Å². The van der Waals surface area contributed by atoms with Gasteiger partial charge in [0.1, 0.15) is 23.7 Å². The Morgan fingerprint density at radius 3 is 2.15 bits per heavy atom. The Morgan fingerprint density at radius 2 is 1.52 bits per heavy atom. The molecule has 12 nitrogen and oxygen atoms in total. The fraction of sp³-hybridized carbons (Fsp3) is 0.537. The first-order valence-electron chi connectivity index (χ1n) is 19.0. The summed E-state index contributed by atoms with van der Waals surface area (Å²) >= 11 is 0. The molecule has 296 valence electrons. The molecule has 2 aromatic carbocycles. The molecule has 0 fully saturated rings. The van der Waals surface area contributed by atoms with Crippen LogP contribution >= 0.6 is 0 Å². The molecule has 3 aromatic rings. The van der Waals surface area contributed by atoms with E-state index in [9.17, 15) is 29.1 Å². The summed E-state index contributed by atoms with van der Waals surface area (Å²) in [4.78, 5) is 69.0. The summed E-state index contributed by atoms with van der Waals surface area (Å²) in [6.07, 6.45) is 4.32. The van der Waals surface area contributed by atoms with Crippen LogP contribution in [0.25, 0.3) is 10.9 Å². The molecule has 0 unspecified atom stereocenters. The number of aromatic amines is 1. The highest BCUT2D eigenvalue weighted by Crippen LogP contribution is 2.37. The van der Waals surface area contributed by atoms with Crippen molar-refractivity contribution in [1.29, 1.82) is 0 Å². The van der Waals surface area contributed by atoms with Gasteiger partial charge in [0.2, 0.25) is 17.7 Å². The second-order valence-corrected chi connectivity index (χ2v) is 20.8. The van der Waals surface area contributed by atoms with Gasteiger partial charge in [-0.05, 0) is 68.4 Å². The first-order chi connectivity index (χ1) is 25.3. The Balaban J connectivity index is 1.60. The molecular weight excluding hydrogens is 703 g/mol. The van der Waals surface area contributed by atoms with E-state index in [0.29, 0.717) is 32.1 Å². The molecule has 7 N–H and O–H groups in total. The van der Waals surface area contributed by atoms with E-state index >= 15 is 0 Å². The molecule has 0 aliphatic rings. The normalized spacial score (nSPS) is 15.4. The Morgan fingerprint density at radius 1 is 0.870 bits per heavy atom. The number of ketones is 1. The molecule has 1 aromatic heterocycles. The molecule has 13 heteroatoms. The first-order valence-corrected chi connectivity index (χ1v) is 21.9. The summed E-state index contributed by atoms with van der Waals surface area (Å²) < 4.78 is 6.23. The van der Waals surface area contributed by atoms with Gasteiger partial charge in [0, 0.05) is 36.4 Å². The summed E-state index contributed by atoms with van der Waals surface area (Å²) in [6.45, 7) is 15.8. The smallest absolute Gasteiger partial charge is 0.326 e. The number of carbonyl (C=O) groups is 5. The zero-order valence-electron chi connectivity index (χ0n) is 33.2. The Hall–Kier alpha value is -4.33. The largest absolute Gasteiger partial charge is 0.480 e. The number of hydrogen-bond acceptors (Lipinski definition) is 7. The fourth-order valence-electron chi connectivity index (χ4n) is 5.90. The lowest BCUT2D eigenvalue weighted by Crippen LogP contribution is -2.63. The van der Waals surface area contributed by atoms with Crippen molar-refractivity contribution in [3.05, 3.63) is 71.9 Å². The van der Waals surface area contributed by atoms with Crippen LogP contribution in [0.2, 0.25) is 18.1 Å². The quantitative estimate of drug-likeness (QED) is 0.0601. The predicted octanol–water partition coefficient (Wildman–Crippen LogP) is 5.55. The number of carboxylic acid groups (broad SMARTS) is 1. The number of amides is 3. The van der Waals surface area contributed by atoms with Crippen LogP contribution in [0.5, 0.6) is 0 Å². The van der Waals surface area contributed by atoms with Crippen molar-refractivity contribution in [2.24, 2.45) is 5.73 Å². The predicted molar refractivity (Wildman–Crippen MR) is 214 cm³/mol. The van der Waals surface area contributed by atoms with Gasteiger partial charge in [0.15, 0.2) is 14.1 Å². The number of fused-ring (bicyclic) bond motifs is 1. The summed E-state index contributed by atoms with van der Waals surface area (Å²) in [5.41, 5.74) is 7.18. The van der Waals surface area contributed by atoms with Crippen LogP contribution in [0.3, 0.4) is 0 Å². The lowest BCUT2D eigenvalue weighted by atomic mass is 9.94. The maximum absolute atomic E-state index is 13.8. The SMILES string of the molecule is CC[C@](C)(NC(=O)[C@@H](N)CCCCCC(=O)[C@@H](C)O[Si](C)(C)C(C)(C)C)C(=O)N[C@@H](Cc1ccccc1)C(=O)N[C@H](Cc1c[nH]c2ccccc12)C(=O)O. The second kappa shape index (κ2) is 19.3. The summed E-state index contributed by atoms with van der Waals surface area (Å²) in [7, 11) is -2.06. The minimum atomic E-state index is -2.06. The lowest BCUT2D eigenvalue weighted by Gasteiger charge is -2.38. The molecular formula is C41H61N5O7Si. The first kappa shape index (κ1) is 44.1. The number of rotatable bonds is 21. The van der Waals surface area contributed by atoms with Gasteiger partial charge in [-0.1, -0.05) is 89.1 Å². The maximum Gasteiger partial charge on any atom is 0.326 e. The van der Waals surface area contributed by atoms with Crippen LogP contribution in [-0.2, 0) is 41.2 Å². The highest BCUT2D eigenvalue weighted by atomic mass is 28.4. The van der Waals surface area contributed by atoms with Crippen molar-refractivity contribution in [1.82, 2.24) is 20.9 Å². The number of aromatic nitrogens is 1. The van der Waals surface area contributed by atoms with Crippen LogP contribution in [0.1, 0.15) is 91.2 Å². The Labute approximate surface area is 320 Å². The third-order valence-electron chi connectivity index (χ3n) is 10.7. The zero-order chi connectivity index (χ0) is 40.3. The molecule has 0 aliphatic carbocycles. The molecule has 0 saturated carbocycles. The van der Waals surface area contributed by atoms with Crippen molar-refractivity contribution < 1.29 is 33.5 Å². The van der Waals surface area contributed by atoms with E-state index in [2.05, 4.69) is 54.8 Å². The average Bonchev–Trinajstić information content (AvgIpc) is 3.52. The van der Waals surface area contributed by atoms with Crippen LogP contribution in [0.15, 0.2) is 60.8 Å². The molecule has 0 radical (unpaired) electrons. The summed E-state index contributed by atoms with van der Waals surface area (Å²) in [5, 5.41) is 19.2. The maximum atomic E-state index is 13.8. The molecule has 0 spiro atoms. The second-order valence-electron chi connectivity index (χ2n) is 16.0. The minimum absolute atomic E-state index is 0.0101. The van der Waals surface area contributed by atoms with E-state index < -0.39 is 61.8 Å². The van der Waals surface area contributed by atoms with Crippen LogP contribution < -0.4 is 21.7 Å². The van der Waals surface area contributed by atoms with Crippen molar-refractivity contribution in [2.45, 2.75) is 141 Å². The number of hydrogen-bond donors (Lipinski definition) is 6. The Bertz CT molecular complexity index is 1740. The van der Waals surface area contributed by atoms with Gasteiger partial charge in [-0.15, -0.1) is 0 Å². The fourth-order valence-corrected chi connectivity index (χ4v) is 7.27. The highest BCUT2D eigenvalue weighted by Gasteiger charge is 2.40.